The lowest BCUT2D eigenvalue weighted by Gasteiger charge is -2.33. The number of benzene rings is 1. The molecule has 1 fully saturated rings. The van der Waals surface area contributed by atoms with Crippen molar-refractivity contribution in [3.63, 3.8) is 0 Å². The highest BCUT2D eigenvalue weighted by atomic mass is 32.1. The maximum absolute atomic E-state index is 12.6. The number of amides is 1. The fourth-order valence-electron chi connectivity index (χ4n) is 3.04. The molecule has 0 radical (unpaired) electrons. The number of piperidine rings is 1. The Labute approximate surface area is 125 Å². The SMILES string of the molecule is O=C(C(=S)N1CCCCC1)N1CCc2ccccc2C1. The summed E-state index contributed by atoms with van der Waals surface area (Å²) in [7, 11) is 0. The normalized spacial score (nSPS) is 18.6. The average Bonchev–Trinajstić information content (AvgIpc) is 2.54. The maximum Gasteiger partial charge on any atom is 0.281 e. The lowest BCUT2D eigenvalue weighted by Crippen LogP contribution is -2.47. The van der Waals surface area contributed by atoms with Gasteiger partial charge in [0.15, 0.2) is 4.99 Å². The molecule has 3 rings (SSSR count). The predicted octanol–water partition coefficient (Wildman–Crippen LogP) is 2.38. The molecule has 1 saturated heterocycles. The summed E-state index contributed by atoms with van der Waals surface area (Å²) in [6.45, 7) is 3.36. The Balaban J connectivity index is 1.68. The molecule has 0 spiro atoms. The summed E-state index contributed by atoms with van der Waals surface area (Å²) in [6.07, 6.45) is 4.49. The van der Waals surface area contributed by atoms with Crippen LogP contribution in [0.25, 0.3) is 0 Å². The van der Waals surface area contributed by atoms with Gasteiger partial charge in [0.25, 0.3) is 5.91 Å². The Hall–Kier alpha value is -1.42. The second-order valence-electron chi connectivity index (χ2n) is 5.60. The molecule has 0 saturated carbocycles. The van der Waals surface area contributed by atoms with E-state index < -0.39 is 0 Å². The van der Waals surface area contributed by atoms with Crippen molar-refractivity contribution in [2.24, 2.45) is 0 Å². The molecule has 0 aliphatic carbocycles. The van der Waals surface area contributed by atoms with Crippen molar-refractivity contribution in [2.75, 3.05) is 19.6 Å². The molecule has 106 valence electrons. The van der Waals surface area contributed by atoms with Crippen LogP contribution in [0.15, 0.2) is 24.3 Å². The third kappa shape index (κ3) is 2.70. The van der Waals surface area contributed by atoms with Crippen molar-refractivity contribution in [1.82, 2.24) is 9.80 Å². The van der Waals surface area contributed by atoms with Crippen molar-refractivity contribution in [1.29, 1.82) is 0 Å². The van der Waals surface area contributed by atoms with Crippen LogP contribution in [-0.4, -0.2) is 40.3 Å². The monoisotopic (exact) mass is 288 g/mol. The van der Waals surface area contributed by atoms with E-state index in [1.54, 1.807) is 0 Å². The van der Waals surface area contributed by atoms with Crippen LogP contribution in [-0.2, 0) is 17.8 Å². The van der Waals surface area contributed by atoms with E-state index in [2.05, 4.69) is 23.1 Å². The first-order valence-corrected chi connectivity index (χ1v) is 7.81. The van der Waals surface area contributed by atoms with Crippen molar-refractivity contribution in [3.8, 4) is 0 Å². The molecular weight excluding hydrogens is 268 g/mol. The summed E-state index contributed by atoms with van der Waals surface area (Å²) in [5, 5.41) is 0. The van der Waals surface area contributed by atoms with Gasteiger partial charge in [0.1, 0.15) is 0 Å². The van der Waals surface area contributed by atoms with Gasteiger partial charge in [0, 0.05) is 26.2 Å². The summed E-state index contributed by atoms with van der Waals surface area (Å²) >= 11 is 5.41. The van der Waals surface area contributed by atoms with Crippen molar-refractivity contribution in [3.05, 3.63) is 35.4 Å². The molecule has 2 heterocycles. The average molecular weight is 288 g/mol. The van der Waals surface area contributed by atoms with E-state index in [1.807, 2.05) is 11.0 Å². The van der Waals surface area contributed by atoms with Gasteiger partial charge < -0.3 is 9.80 Å². The highest BCUT2D eigenvalue weighted by Crippen LogP contribution is 2.19. The molecule has 0 atom stereocenters. The number of likely N-dealkylation sites (tertiary alicyclic amines) is 1. The van der Waals surface area contributed by atoms with Crippen LogP contribution in [0.5, 0.6) is 0 Å². The molecule has 0 bridgehead atoms. The van der Waals surface area contributed by atoms with Crippen LogP contribution >= 0.6 is 12.2 Å². The van der Waals surface area contributed by atoms with Gasteiger partial charge in [-0.1, -0.05) is 36.5 Å². The van der Waals surface area contributed by atoms with E-state index in [0.29, 0.717) is 11.5 Å². The van der Waals surface area contributed by atoms with Gasteiger partial charge in [-0.2, -0.15) is 0 Å². The van der Waals surface area contributed by atoms with Crippen molar-refractivity contribution < 1.29 is 4.79 Å². The summed E-state index contributed by atoms with van der Waals surface area (Å²) in [5.74, 6) is 0.0383. The molecule has 0 unspecified atom stereocenters. The highest BCUT2D eigenvalue weighted by molar-refractivity contribution is 7.81. The molecule has 0 aromatic heterocycles. The third-order valence-electron chi connectivity index (χ3n) is 4.24. The lowest BCUT2D eigenvalue weighted by atomic mass is 10.00. The Kier molecular flexibility index (Phi) is 4.01. The maximum atomic E-state index is 12.6. The summed E-state index contributed by atoms with van der Waals surface area (Å²) in [4.78, 5) is 17.1. The van der Waals surface area contributed by atoms with Crippen LogP contribution < -0.4 is 0 Å². The van der Waals surface area contributed by atoms with Crippen LogP contribution in [0.2, 0.25) is 0 Å². The minimum absolute atomic E-state index is 0.0383. The van der Waals surface area contributed by atoms with Gasteiger partial charge in [0.05, 0.1) is 0 Å². The largest absolute Gasteiger partial charge is 0.358 e. The Morgan fingerprint density at radius 3 is 2.40 bits per heavy atom. The van der Waals surface area contributed by atoms with Gasteiger partial charge in [-0.15, -0.1) is 0 Å². The first-order valence-electron chi connectivity index (χ1n) is 7.40. The first kappa shape index (κ1) is 13.6. The van der Waals surface area contributed by atoms with Crippen LogP contribution in [0.3, 0.4) is 0 Å². The van der Waals surface area contributed by atoms with E-state index in [4.69, 9.17) is 12.2 Å². The number of fused-ring (bicyclic) bond motifs is 1. The van der Waals surface area contributed by atoms with Crippen molar-refractivity contribution in [2.45, 2.75) is 32.2 Å². The van der Waals surface area contributed by atoms with Gasteiger partial charge in [-0.05, 0) is 36.8 Å². The predicted molar refractivity (Wildman–Crippen MR) is 83.6 cm³/mol. The Morgan fingerprint density at radius 1 is 0.950 bits per heavy atom. The fourth-order valence-corrected chi connectivity index (χ4v) is 3.35. The number of thiocarbonyl (C=S) groups is 1. The molecular formula is C16H20N2OS. The van der Waals surface area contributed by atoms with E-state index in [1.165, 1.54) is 17.5 Å². The highest BCUT2D eigenvalue weighted by Gasteiger charge is 2.26. The minimum Gasteiger partial charge on any atom is -0.358 e. The molecule has 2 aliphatic rings. The minimum atomic E-state index is 0.0383. The molecule has 1 aromatic carbocycles. The smallest absolute Gasteiger partial charge is 0.281 e. The van der Waals surface area contributed by atoms with E-state index in [0.717, 1.165) is 38.9 Å². The lowest BCUT2D eigenvalue weighted by molar-refractivity contribution is -0.125. The molecule has 1 aromatic rings. The second-order valence-corrected chi connectivity index (χ2v) is 5.98. The number of rotatable bonds is 0. The standard InChI is InChI=1S/C16H20N2OS/c19-15(16(20)17-9-4-1-5-10-17)18-11-8-13-6-2-3-7-14(13)12-18/h2-3,6-7H,1,4-5,8-12H2. The fraction of sp³-hybridized carbons (Fsp3) is 0.500. The molecule has 4 heteroatoms. The van der Waals surface area contributed by atoms with E-state index >= 15 is 0 Å². The van der Waals surface area contributed by atoms with Crippen molar-refractivity contribution >= 4 is 23.1 Å². The number of hydrogen-bond acceptors (Lipinski definition) is 2. The Morgan fingerprint density at radius 2 is 1.65 bits per heavy atom. The number of carbonyl (C=O) groups is 1. The molecule has 0 N–H and O–H groups in total. The van der Waals surface area contributed by atoms with E-state index in [-0.39, 0.29) is 5.91 Å². The number of hydrogen-bond donors (Lipinski definition) is 0. The van der Waals surface area contributed by atoms with Crippen LogP contribution in [0.1, 0.15) is 30.4 Å². The first-order chi connectivity index (χ1) is 9.75. The van der Waals surface area contributed by atoms with E-state index in [9.17, 15) is 4.79 Å². The zero-order valence-electron chi connectivity index (χ0n) is 11.7. The molecule has 2 aliphatic heterocycles. The molecule has 3 nitrogen and oxygen atoms in total. The zero-order chi connectivity index (χ0) is 13.9. The number of nitrogens with zero attached hydrogens (tertiary/aromatic N) is 2. The van der Waals surface area contributed by atoms with Gasteiger partial charge in [-0.25, -0.2) is 0 Å². The van der Waals surface area contributed by atoms with Crippen LogP contribution in [0, 0.1) is 0 Å². The van der Waals surface area contributed by atoms with Gasteiger partial charge >= 0.3 is 0 Å². The second kappa shape index (κ2) is 5.92. The topological polar surface area (TPSA) is 23.6 Å². The summed E-state index contributed by atoms with van der Waals surface area (Å²) < 4.78 is 0. The van der Waals surface area contributed by atoms with Crippen LogP contribution in [0.4, 0.5) is 0 Å². The summed E-state index contributed by atoms with van der Waals surface area (Å²) in [6, 6.07) is 8.36. The van der Waals surface area contributed by atoms with Gasteiger partial charge in [-0.3, -0.25) is 4.79 Å². The Bertz CT molecular complexity index is 523. The summed E-state index contributed by atoms with van der Waals surface area (Å²) in [5.41, 5.74) is 2.62. The quantitative estimate of drug-likeness (QED) is 0.685. The van der Waals surface area contributed by atoms with Gasteiger partial charge in [0.2, 0.25) is 0 Å². The zero-order valence-corrected chi connectivity index (χ0v) is 12.5. The molecule has 1 amide bonds. The molecule has 20 heavy (non-hydrogen) atoms. The third-order valence-corrected chi connectivity index (χ3v) is 4.68. The number of carbonyl (C=O) groups excluding carboxylic acids is 1.